The molecule has 2 heterocycles. The number of rotatable bonds is 5. The zero-order chi connectivity index (χ0) is 18.6. The predicted octanol–water partition coefficient (Wildman–Crippen LogP) is 5.24. The Bertz CT molecular complexity index is 1130. The average Bonchev–Trinajstić information content (AvgIpc) is 3.06. The van der Waals surface area contributed by atoms with Crippen LogP contribution >= 0.6 is 11.8 Å². The summed E-state index contributed by atoms with van der Waals surface area (Å²) in [5.74, 6) is 0.789. The SMILES string of the molecule is C=C(/C=C\c1nnc(Sc2ccc3ncccc3c2)n1C)c1ccccc1. The first-order valence-corrected chi connectivity index (χ1v) is 9.37. The molecule has 0 bridgehead atoms. The van der Waals surface area contributed by atoms with E-state index >= 15 is 0 Å². The number of pyridine rings is 1. The fourth-order valence-corrected chi connectivity index (χ4v) is 3.55. The van der Waals surface area contributed by atoms with Crippen LogP contribution in [-0.4, -0.2) is 19.7 Å². The van der Waals surface area contributed by atoms with E-state index in [9.17, 15) is 0 Å². The van der Waals surface area contributed by atoms with Crippen LogP contribution in [0.15, 0.2) is 89.6 Å². The van der Waals surface area contributed by atoms with E-state index in [1.165, 1.54) is 0 Å². The highest BCUT2D eigenvalue weighted by molar-refractivity contribution is 7.99. The summed E-state index contributed by atoms with van der Waals surface area (Å²) in [6.45, 7) is 4.12. The number of hydrogen-bond donors (Lipinski definition) is 0. The molecule has 27 heavy (non-hydrogen) atoms. The molecular formula is C22H18N4S. The van der Waals surface area contributed by atoms with Crippen LogP contribution < -0.4 is 0 Å². The molecule has 4 rings (SSSR count). The molecule has 0 aliphatic heterocycles. The summed E-state index contributed by atoms with van der Waals surface area (Å²) >= 11 is 1.59. The number of hydrogen-bond acceptors (Lipinski definition) is 4. The summed E-state index contributed by atoms with van der Waals surface area (Å²) in [5.41, 5.74) is 3.02. The Morgan fingerprint density at radius 1 is 1.04 bits per heavy atom. The topological polar surface area (TPSA) is 43.6 Å². The van der Waals surface area contributed by atoms with Crippen molar-refractivity contribution in [2.75, 3.05) is 0 Å². The van der Waals surface area contributed by atoms with Crippen molar-refractivity contribution in [2.45, 2.75) is 10.1 Å². The van der Waals surface area contributed by atoms with Gasteiger partial charge in [0.05, 0.1) is 5.52 Å². The van der Waals surface area contributed by atoms with E-state index in [0.29, 0.717) is 0 Å². The van der Waals surface area contributed by atoms with Crippen LogP contribution in [0, 0.1) is 0 Å². The Labute approximate surface area is 162 Å². The molecule has 0 atom stereocenters. The van der Waals surface area contributed by atoms with Gasteiger partial charge in [0.2, 0.25) is 0 Å². The van der Waals surface area contributed by atoms with Crippen LogP contribution in [0.25, 0.3) is 22.6 Å². The van der Waals surface area contributed by atoms with Crippen LogP contribution in [0.4, 0.5) is 0 Å². The zero-order valence-corrected chi connectivity index (χ0v) is 15.7. The van der Waals surface area contributed by atoms with E-state index in [4.69, 9.17) is 0 Å². The van der Waals surface area contributed by atoms with Crippen LogP contribution in [0.5, 0.6) is 0 Å². The van der Waals surface area contributed by atoms with Gasteiger partial charge in [0, 0.05) is 23.5 Å². The molecule has 132 valence electrons. The molecule has 4 nitrogen and oxygen atoms in total. The number of nitrogens with zero attached hydrogens (tertiary/aromatic N) is 4. The van der Waals surface area contributed by atoms with E-state index in [1.807, 2.05) is 66.2 Å². The first-order chi connectivity index (χ1) is 13.2. The van der Waals surface area contributed by atoms with Gasteiger partial charge in [-0.15, -0.1) is 10.2 Å². The van der Waals surface area contributed by atoms with Gasteiger partial charge in [-0.2, -0.15) is 0 Å². The van der Waals surface area contributed by atoms with Gasteiger partial charge in [0.25, 0.3) is 0 Å². The molecule has 0 saturated heterocycles. The summed E-state index contributed by atoms with van der Waals surface area (Å²) in [4.78, 5) is 5.46. The molecular weight excluding hydrogens is 352 g/mol. The Morgan fingerprint density at radius 2 is 1.89 bits per heavy atom. The molecule has 0 N–H and O–H groups in total. The normalized spacial score (nSPS) is 11.3. The van der Waals surface area contributed by atoms with Crippen molar-refractivity contribution in [2.24, 2.45) is 7.05 Å². The average molecular weight is 370 g/mol. The fraction of sp³-hybridized carbons (Fsp3) is 0.0455. The summed E-state index contributed by atoms with van der Waals surface area (Å²) in [7, 11) is 1.97. The minimum Gasteiger partial charge on any atom is -0.305 e. The van der Waals surface area contributed by atoms with Gasteiger partial charge in [-0.05, 0) is 53.2 Å². The van der Waals surface area contributed by atoms with Gasteiger partial charge in [0.1, 0.15) is 0 Å². The van der Waals surface area contributed by atoms with Gasteiger partial charge >= 0.3 is 0 Å². The van der Waals surface area contributed by atoms with Crippen molar-refractivity contribution in [3.05, 3.63) is 90.9 Å². The second-order valence-electron chi connectivity index (χ2n) is 6.08. The van der Waals surface area contributed by atoms with E-state index in [0.717, 1.165) is 37.9 Å². The Balaban J connectivity index is 1.53. The molecule has 5 heteroatoms. The Kier molecular flexibility index (Phi) is 4.85. The minimum absolute atomic E-state index is 0.789. The number of benzene rings is 2. The molecule has 2 aromatic heterocycles. The lowest BCUT2D eigenvalue weighted by molar-refractivity contribution is 0.782. The molecule has 0 amide bonds. The second kappa shape index (κ2) is 7.60. The standard InChI is InChI=1S/C22H18N4S/c1-16(17-7-4-3-5-8-17)10-13-21-24-25-22(26(21)2)27-19-11-12-20-18(15-19)9-6-14-23-20/h3-15H,1H2,2H3/b13-10-. The van der Waals surface area contributed by atoms with E-state index < -0.39 is 0 Å². The van der Waals surface area contributed by atoms with Gasteiger partial charge < -0.3 is 4.57 Å². The molecule has 0 unspecified atom stereocenters. The summed E-state index contributed by atoms with van der Waals surface area (Å²) in [6.07, 6.45) is 5.71. The highest BCUT2D eigenvalue weighted by Gasteiger charge is 2.09. The first kappa shape index (κ1) is 17.2. The van der Waals surface area contributed by atoms with Crippen LogP contribution in [0.1, 0.15) is 11.4 Å². The highest BCUT2D eigenvalue weighted by atomic mass is 32.2. The molecule has 0 aliphatic carbocycles. The lowest BCUT2D eigenvalue weighted by Crippen LogP contribution is -1.94. The monoisotopic (exact) mass is 370 g/mol. The lowest BCUT2D eigenvalue weighted by Gasteiger charge is -2.03. The van der Waals surface area contributed by atoms with E-state index in [2.05, 4.69) is 40.0 Å². The maximum absolute atomic E-state index is 4.36. The maximum Gasteiger partial charge on any atom is 0.196 e. The number of aromatic nitrogens is 4. The van der Waals surface area contributed by atoms with Crippen LogP contribution in [0.3, 0.4) is 0 Å². The highest BCUT2D eigenvalue weighted by Crippen LogP contribution is 2.28. The van der Waals surface area contributed by atoms with E-state index in [1.54, 1.807) is 18.0 Å². The molecule has 0 spiro atoms. The van der Waals surface area contributed by atoms with Gasteiger partial charge in [-0.3, -0.25) is 4.98 Å². The van der Waals surface area contributed by atoms with Crippen molar-refractivity contribution < 1.29 is 0 Å². The second-order valence-corrected chi connectivity index (χ2v) is 7.13. The third kappa shape index (κ3) is 3.83. The Hall–Kier alpha value is -3.18. The van der Waals surface area contributed by atoms with Crippen LogP contribution in [-0.2, 0) is 7.05 Å². The summed E-state index contributed by atoms with van der Waals surface area (Å²) in [5, 5.41) is 10.6. The van der Waals surface area contributed by atoms with Crippen molar-refractivity contribution in [3.63, 3.8) is 0 Å². The van der Waals surface area contributed by atoms with Gasteiger partial charge in [-0.25, -0.2) is 0 Å². The third-order valence-corrected chi connectivity index (χ3v) is 5.26. The molecule has 0 saturated carbocycles. The fourth-order valence-electron chi connectivity index (χ4n) is 2.71. The number of allylic oxidation sites excluding steroid dienone is 2. The summed E-state index contributed by atoms with van der Waals surface area (Å²) < 4.78 is 1.98. The van der Waals surface area contributed by atoms with Crippen molar-refractivity contribution in [1.82, 2.24) is 19.7 Å². The predicted molar refractivity (Wildman–Crippen MR) is 111 cm³/mol. The zero-order valence-electron chi connectivity index (χ0n) is 14.9. The quantitative estimate of drug-likeness (QED) is 0.451. The largest absolute Gasteiger partial charge is 0.305 e. The van der Waals surface area contributed by atoms with Crippen molar-refractivity contribution >= 4 is 34.3 Å². The van der Waals surface area contributed by atoms with Crippen molar-refractivity contribution in [1.29, 1.82) is 0 Å². The number of fused-ring (bicyclic) bond motifs is 1. The maximum atomic E-state index is 4.36. The first-order valence-electron chi connectivity index (χ1n) is 8.55. The molecule has 0 fully saturated rings. The lowest BCUT2D eigenvalue weighted by atomic mass is 10.1. The smallest absolute Gasteiger partial charge is 0.196 e. The Morgan fingerprint density at radius 3 is 2.74 bits per heavy atom. The van der Waals surface area contributed by atoms with Crippen LogP contribution in [0.2, 0.25) is 0 Å². The molecule has 0 radical (unpaired) electrons. The molecule has 2 aromatic carbocycles. The minimum atomic E-state index is 0.789. The van der Waals surface area contributed by atoms with Gasteiger partial charge in [-0.1, -0.05) is 49.1 Å². The van der Waals surface area contributed by atoms with Gasteiger partial charge in [0.15, 0.2) is 11.0 Å². The third-order valence-electron chi connectivity index (χ3n) is 4.23. The molecule has 4 aromatic rings. The van der Waals surface area contributed by atoms with E-state index in [-0.39, 0.29) is 0 Å². The summed E-state index contributed by atoms with van der Waals surface area (Å²) in [6, 6.07) is 20.3. The van der Waals surface area contributed by atoms with Crippen molar-refractivity contribution in [3.8, 4) is 0 Å². The molecule has 0 aliphatic rings.